The van der Waals surface area contributed by atoms with Crippen LogP contribution in [0.2, 0.25) is 0 Å². The summed E-state index contributed by atoms with van der Waals surface area (Å²) in [4.78, 5) is 11.3. The molecule has 2 heterocycles. The molecule has 0 unspecified atom stereocenters. The van der Waals surface area contributed by atoms with Gasteiger partial charge in [-0.1, -0.05) is 24.3 Å². The molecule has 0 aliphatic carbocycles. The van der Waals surface area contributed by atoms with Gasteiger partial charge in [-0.25, -0.2) is 4.98 Å². The Morgan fingerprint density at radius 2 is 1.79 bits per heavy atom. The van der Waals surface area contributed by atoms with Gasteiger partial charge in [0.1, 0.15) is 23.9 Å². The van der Waals surface area contributed by atoms with E-state index in [1.807, 2.05) is 30.3 Å². The third-order valence-corrected chi connectivity index (χ3v) is 4.81. The molecule has 1 aromatic heterocycles. The van der Waals surface area contributed by atoms with Gasteiger partial charge in [0.15, 0.2) is 0 Å². The minimum atomic E-state index is 0.525. The summed E-state index contributed by atoms with van der Waals surface area (Å²) in [5, 5.41) is 3.24. The third-order valence-electron chi connectivity index (χ3n) is 4.81. The number of rotatable bonds is 7. The topological polar surface area (TPSA) is 59.5 Å². The predicted octanol–water partition coefficient (Wildman–Crippen LogP) is 3.54. The van der Waals surface area contributed by atoms with Crippen LogP contribution in [-0.4, -0.2) is 36.8 Å². The van der Waals surface area contributed by atoms with E-state index in [1.165, 1.54) is 11.1 Å². The standard InChI is InChI=1S/C22H24N4O2/c1-27-19-6-8-20(9-7-19)28-15-13-24-22-23-12-10-21(25-22)26-14-11-17-4-2-3-5-18(17)16-26/h2-10,12H,11,13-16H2,1H3,(H,23,24,25). The first-order valence-corrected chi connectivity index (χ1v) is 9.47. The number of ether oxygens (including phenoxy) is 2. The molecule has 0 fully saturated rings. The molecule has 1 N–H and O–H groups in total. The van der Waals surface area contributed by atoms with Crippen molar-refractivity contribution in [1.82, 2.24) is 9.97 Å². The zero-order valence-electron chi connectivity index (χ0n) is 16.0. The smallest absolute Gasteiger partial charge is 0.224 e. The molecule has 0 atom stereocenters. The summed E-state index contributed by atoms with van der Waals surface area (Å²) in [7, 11) is 1.65. The number of nitrogens with one attached hydrogen (secondary N) is 1. The molecule has 0 spiro atoms. The lowest BCUT2D eigenvalue weighted by Crippen LogP contribution is -2.31. The molecule has 0 radical (unpaired) electrons. The fourth-order valence-electron chi connectivity index (χ4n) is 3.31. The van der Waals surface area contributed by atoms with Gasteiger partial charge < -0.3 is 19.7 Å². The SMILES string of the molecule is COc1ccc(OCCNc2nccc(N3CCc4ccccc4C3)n2)cc1. The molecule has 2 aromatic carbocycles. The van der Waals surface area contributed by atoms with Crippen LogP contribution in [0.15, 0.2) is 60.8 Å². The monoisotopic (exact) mass is 376 g/mol. The van der Waals surface area contributed by atoms with Crippen LogP contribution in [0.1, 0.15) is 11.1 Å². The van der Waals surface area contributed by atoms with E-state index in [4.69, 9.17) is 9.47 Å². The van der Waals surface area contributed by atoms with Crippen LogP contribution in [0.4, 0.5) is 11.8 Å². The molecule has 4 rings (SSSR count). The Morgan fingerprint density at radius 1 is 1.00 bits per heavy atom. The lowest BCUT2D eigenvalue weighted by molar-refractivity contribution is 0.331. The van der Waals surface area contributed by atoms with Crippen LogP contribution in [0.25, 0.3) is 0 Å². The van der Waals surface area contributed by atoms with Crippen LogP contribution in [-0.2, 0) is 13.0 Å². The van der Waals surface area contributed by atoms with Gasteiger partial charge in [-0.2, -0.15) is 4.98 Å². The van der Waals surface area contributed by atoms with E-state index in [0.29, 0.717) is 19.1 Å². The van der Waals surface area contributed by atoms with Crippen molar-refractivity contribution < 1.29 is 9.47 Å². The van der Waals surface area contributed by atoms with Gasteiger partial charge in [0.05, 0.1) is 13.7 Å². The Balaban J connectivity index is 1.30. The van der Waals surface area contributed by atoms with Crippen LogP contribution in [0.3, 0.4) is 0 Å². The maximum atomic E-state index is 5.73. The van der Waals surface area contributed by atoms with Crippen molar-refractivity contribution in [2.24, 2.45) is 0 Å². The van der Waals surface area contributed by atoms with Crippen LogP contribution in [0.5, 0.6) is 11.5 Å². The molecule has 1 aliphatic rings. The fraction of sp³-hybridized carbons (Fsp3) is 0.273. The Labute approximate surface area is 165 Å². The van der Waals surface area contributed by atoms with Gasteiger partial charge >= 0.3 is 0 Å². The van der Waals surface area contributed by atoms with Crippen LogP contribution >= 0.6 is 0 Å². The largest absolute Gasteiger partial charge is 0.497 e. The summed E-state index contributed by atoms with van der Waals surface area (Å²) in [5.74, 6) is 3.19. The Hall–Kier alpha value is -3.28. The number of benzene rings is 2. The Morgan fingerprint density at radius 3 is 2.61 bits per heavy atom. The Bertz CT molecular complexity index is 914. The second kappa shape index (κ2) is 8.61. The summed E-state index contributed by atoms with van der Waals surface area (Å²) in [6.45, 7) is 3.00. The molecule has 28 heavy (non-hydrogen) atoms. The van der Waals surface area contributed by atoms with E-state index in [-0.39, 0.29) is 0 Å². The average Bonchev–Trinajstić information content (AvgIpc) is 2.77. The van der Waals surface area contributed by atoms with Gasteiger partial charge in [0.25, 0.3) is 0 Å². The quantitative estimate of drug-likeness (QED) is 0.637. The maximum Gasteiger partial charge on any atom is 0.224 e. The highest BCUT2D eigenvalue weighted by Gasteiger charge is 2.17. The van der Waals surface area contributed by atoms with Crippen LogP contribution in [0, 0.1) is 0 Å². The fourth-order valence-corrected chi connectivity index (χ4v) is 3.31. The van der Waals surface area contributed by atoms with Crippen molar-refractivity contribution in [2.75, 3.05) is 37.0 Å². The van der Waals surface area contributed by atoms with Crippen molar-refractivity contribution in [3.8, 4) is 11.5 Å². The number of methoxy groups -OCH3 is 1. The molecule has 0 bridgehead atoms. The van der Waals surface area contributed by atoms with Crippen molar-refractivity contribution in [1.29, 1.82) is 0 Å². The highest BCUT2D eigenvalue weighted by atomic mass is 16.5. The van der Waals surface area contributed by atoms with Crippen LogP contribution < -0.4 is 19.7 Å². The van der Waals surface area contributed by atoms with E-state index in [0.717, 1.165) is 36.8 Å². The van der Waals surface area contributed by atoms with E-state index in [1.54, 1.807) is 13.3 Å². The molecule has 0 saturated carbocycles. The summed E-state index contributed by atoms with van der Waals surface area (Å²) >= 11 is 0. The minimum Gasteiger partial charge on any atom is -0.497 e. The number of anilines is 2. The molecule has 1 aliphatic heterocycles. The van der Waals surface area contributed by atoms with Crippen molar-refractivity contribution >= 4 is 11.8 Å². The van der Waals surface area contributed by atoms with E-state index < -0.39 is 0 Å². The molecule has 0 amide bonds. The summed E-state index contributed by atoms with van der Waals surface area (Å²) in [6.07, 6.45) is 2.84. The lowest BCUT2D eigenvalue weighted by atomic mass is 10.00. The summed E-state index contributed by atoms with van der Waals surface area (Å²) in [6, 6.07) is 18.1. The van der Waals surface area contributed by atoms with Gasteiger partial charge in [-0.15, -0.1) is 0 Å². The summed E-state index contributed by atoms with van der Waals surface area (Å²) < 4.78 is 10.9. The highest BCUT2D eigenvalue weighted by molar-refractivity contribution is 5.46. The first-order valence-electron chi connectivity index (χ1n) is 9.47. The number of hydrogen-bond donors (Lipinski definition) is 1. The first-order chi connectivity index (χ1) is 13.8. The minimum absolute atomic E-state index is 0.525. The van der Waals surface area contributed by atoms with E-state index in [9.17, 15) is 0 Å². The molecular formula is C22H24N4O2. The molecule has 3 aromatic rings. The summed E-state index contributed by atoms with van der Waals surface area (Å²) in [5.41, 5.74) is 2.80. The van der Waals surface area contributed by atoms with Gasteiger partial charge in [-0.05, 0) is 47.9 Å². The molecule has 0 saturated heterocycles. The number of aromatic nitrogens is 2. The van der Waals surface area contributed by atoms with Crippen molar-refractivity contribution in [3.05, 3.63) is 71.9 Å². The molecule has 6 nitrogen and oxygen atoms in total. The highest BCUT2D eigenvalue weighted by Crippen LogP contribution is 2.23. The second-order valence-electron chi connectivity index (χ2n) is 6.63. The van der Waals surface area contributed by atoms with Crippen molar-refractivity contribution in [2.45, 2.75) is 13.0 Å². The number of fused-ring (bicyclic) bond motifs is 1. The lowest BCUT2D eigenvalue weighted by Gasteiger charge is -2.29. The molecular weight excluding hydrogens is 352 g/mol. The van der Waals surface area contributed by atoms with Gasteiger partial charge in [-0.3, -0.25) is 0 Å². The predicted molar refractivity (Wildman–Crippen MR) is 110 cm³/mol. The normalized spacial score (nSPS) is 13.0. The Kier molecular flexibility index (Phi) is 5.56. The second-order valence-corrected chi connectivity index (χ2v) is 6.63. The van der Waals surface area contributed by atoms with Gasteiger partial charge in [0, 0.05) is 19.3 Å². The number of nitrogens with zero attached hydrogens (tertiary/aromatic N) is 3. The third kappa shape index (κ3) is 4.34. The average molecular weight is 376 g/mol. The zero-order chi connectivity index (χ0) is 19.2. The number of hydrogen-bond acceptors (Lipinski definition) is 6. The zero-order valence-corrected chi connectivity index (χ0v) is 16.0. The molecule has 144 valence electrons. The molecule has 6 heteroatoms. The van der Waals surface area contributed by atoms with E-state index in [2.05, 4.69) is 44.5 Å². The van der Waals surface area contributed by atoms with E-state index >= 15 is 0 Å². The first kappa shape index (κ1) is 18.1. The van der Waals surface area contributed by atoms with Crippen molar-refractivity contribution in [3.63, 3.8) is 0 Å². The van der Waals surface area contributed by atoms with Gasteiger partial charge in [0.2, 0.25) is 5.95 Å². The maximum absolute atomic E-state index is 5.73.